The first-order valence-electron chi connectivity index (χ1n) is 6.89. The minimum atomic E-state index is -0.546. The number of amides is 1. The normalized spacial score (nSPS) is 21.0. The van der Waals surface area contributed by atoms with Crippen molar-refractivity contribution in [1.82, 2.24) is 5.32 Å². The number of carbonyl (C=O) groups excluding carboxylic acids is 1. The van der Waals surface area contributed by atoms with Crippen LogP contribution < -0.4 is 10.6 Å². The zero-order valence-corrected chi connectivity index (χ0v) is 12.1. The number of hydrogen-bond acceptors (Lipinski definition) is 5. The van der Waals surface area contributed by atoms with E-state index in [4.69, 9.17) is 4.74 Å². The average molecular weight is 293 g/mol. The molecule has 1 aromatic carbocycles. The highest BCUT2D eigenvalue weighted by atomic mass is 16.6. The summed E-state index contributed by atoms with van der Waals surface area (Å²) in [5, 5.41) is 16.7. The van der Waals surface area contributed by atoms with Crippen LogP contribution in [0.5, 0.6) is 0 Å². The Morgan fingerprint density at radius 1 is 1.52 bits per heavy atom. The van der Waals surface area contributed by atoms with E-state index in [-0.39, 0.29) is 23.3 Å². The number of nitrogens with one attached hydrogen (secondary N) is 2. The maximum Gasteiger partial charge on any atom is 0.282 e. The van der Waals surface area contributed by atoms with E-state index >= 15 is 0 Å². The summed E-state index contributed by atoms with van der Waals surface area (Å²) in [6.07, 6.45) is 0.990. The molecule has 0 aliphatic carbocycles. The third-order valence-corrected chi connectivity index (χ3v) is 3.78. The summed E-state index contributed by atoms with van der Waals surface area (Å²) in [6.45, 7) is 3.12. The monoisotopic (exact) mass is 293 g/mol. The van der Waals surface area contributed by atoms with E-state index in [1.807, 2.05) is 6.92 Å². The van der Waals surface area contributed by atoms with Gasteiger partial charge in [0, 0.05) is 37.9 Å². The van der Waals surface area contributed by atoms with E-state index in [1.54, 1.807) is 13.1 Å². The lowest BCUT2D eigenvalue weighted by Crippen LogP contribution is -2.32. The van der Waals surface area contributed by atoms with Crippen molar-refractivity contribution in [2.45, 2.75) is 19.4 Å². The fourth-order valence-electron chi connectivity index (χ4n) is 2.40. The molecule has 0 spiro atoms. The molecule has 1 aliphatic rings. The zero-order valence-electron chi connectivity index (χ0n) is 12.1. The molecule has 1 saturated heterocycles. The summed E-state index contributed by atoms with van der Waals surface area (Å²) in [5.74, 6) is -0.182. The molecule has 114 valence electrons. The lowest BCUT2D eigenvalue weighted by atomic mass is 10.0. The first kappa shape index (κ1) is 15.2. The summed E-state index contributed by atoms with van der Waals surface area (Å²) >= 11 is 0. The lowest BCUT2D eigenvalue weighted by molar-refractivity contribution is -0.385. The minimum Gasteiger partial charge on any atom is -0.388 e. The highest BCUT2D eigenvalue weighted by Crippen LogP contribution is 2.23. The second-order valence-corrected chi connectivity index (χ2v) is 5.07. The summed E-state index contributed by atoms with van der Waals surface area (Å²) in [7, 11) is 1.69. The van der Waals surface area contributed by atoms with E-state index < -0.39 is 10.8 Å². The number of nitro groups is 1. The molecule has 0 radical (unpaired) electrons. The molecule has 0 saturated carbocycles. The Morgan fingerprint density at radius 3 is 2.86 bits per heavy atom. The standard InChI is InChI=1S/C14H19N3O4/c1-9-10(5-6-21-9)8-16-14(18)12-7-11(15-2)3-4-13(12)17(19)20/h3-4,7,9-10,15H,5-6,8H2,1-2H3,(H,16,18). The van der Waals surface area contributed by atoms with Crippen molar-refractivity contribution >= 4 is 17.3 Å². The molecule has 21 heavy (non-hydrogen) atoms. The third-order valence-electron chi connectivity index (χ3n) is 3.78. The molecule has 1 heterocycles. The van der Waals surface area contributed by atoms with Gasteiger partial charge in [-0.3, -0.25) is 14.9 Å². The van der Waals surface area contributed by atoms with Gasteiger partial charge >= 0.3 is 0 Å². The van der Waals surface area contributed by atoms with Gasteiger partial charge in [-0.1, -0.05) is 0 Å². The number of anilines is 1. The van der Waals surface area contributed by atoms with E-state index in [2.05, 4.69) is 10.6 Å². The molecule has 7 heteroatoms. The Hall–Kier alpha value is -2.15. The van der Waals surface area contributed by atoms with Crippen molar-refractivity contribution in [2.75, 3.05) is 25.5 Å². The van der Waals surface area contributed by atoms with Gasteiger partial charge in [-0.15, -0.1) is 0 Å². The first-order chi connectivity index (χ1) is 10.0. The molecule has 0 aromatic heterocycles. The molecule has 0 bridgehead atoms. The second-order valence-electron chi connectivity index (χ2n) is 5.07. The maximum absolute atomic E-state index is 12.2. The molecule has 2 rings (SSSR count). The molecule has 2 unspecified atom stereocenters. The maximum atomic E-state index is 12.2. The molecule has 2 atom stereocenters. The predicted octanol–water partition coefficient (Wildman–Crippen LogP) is 1.79. The Labute approximate surface area is 122 Å². The van der Waals surface area contributed by atoms with Gasteiger partial charge in [-0.2, -0.15) is 0 Å². The van der Waals surface area contributed by atoms with Crippen molar-refractivity contribution in [2.24, 2.45) is 5.92 Å². The van der Waals surface area contributed by atoms with Crippen LogP contribution in [0.1, 0.15) is 23.7 Å². The zero-order chi connectivity index (χ0) is 15.4. The van der Waals surface area contributed by atoms with Crippen LogP contribution in [0, 0.1) is 16.0 Å². The van der Waals surface area contributed by atoms with Gasteiger partial charge in [0.1, 0.15) is 5.56 Å². The summed E-state index contributed by atoms with van der Waals surface area (Å²) < 4.78 is 5.43. The van der Waals surface area contributed by atoms with Crippen LogP contribution in [0.2, 0.25) is 0 Å². The minimum absolute atomic E-state index is 0.0680. The summed E-state index contributed by atoms with van der Waals surface area (Å²) in [5.41, 5.74) is 0.531. The van der Waals surface area contributed by atoms with Crippen LogP contribution in [0.3, 0.4) is 0 Å². The molecule has 2 N–H and O–H groups in total. The van der Waals surface area contributed by atoms with Crippen molar-refractivity contribution in [3.05, 3.63) is 33.9 Å². The number of nitrogens with zero attached hydrogens (tertiary/aromatic N) is 1. The molecule has 1 amide bonds. The van der Waals surface area contributed by atoms with Gasteiger partial charge in [0.05, 0.1) is 11.0 Å². The SMILES string of the molecule is CNc1ccc([N+](=O)[O-])c(C(=O)NCC2CCOC2C)c1. The summed E-state index contributed by atoms with van der Waals surface area (Å²) in [6, 6.07) is 4.39. The van der Waals surface area contributed by atoms with Crippen molar-refractivity contribution in [1.29, 1.82) is 0 Å². The van der Waals surface area contributed by atoms with E-state index in [0.717, 1.165) is 6.42 Å². The largest absolute Gasteiger partial charge is 0.388 e. The fraction of sp³-hybridized carbons (Fsp3) is 0.500. The predicted molar refractivity (Wildman–Crippen MR) is 78.5 cm³/mol. The van der Waals surface area contributed by atoms with E-state index in [1.165, 1.54) is 12.1 Å². The van der Waals surface area contributed by atoms with Crippen molar-refractivity contribution in [3.8, 4) is 0 Å². The number of benzene rings is 1. The molecular formula is C14H19N3O4. The third kappa shape index (κ3) is 3.49. The highest BCUT2D eigenvalue weighted by molar-refractivity contribution is 5.99. The Morgan fingerprint density at radius 2 is 2.29 bits per heavy atom. The topological polar surface area (TPSA) is 93.5 Å². The molecule has 7 nitrogen and oxygen atoms in total. The lowest BCUT2D eigenvalue weighted by Gasteiger charge is -2.15. The van der Waals surface area contributed by atoms with Crippen LogP contribution in [-0.2, 0) is 4.74 Å². The first-order valence-corrected chi connectivity index (χ1v) is 6.89. The van der Waals surface area contributed by atoms with Crippen LogP contribution in [0.15, 0.2) is 18.2 Å². The van der Waals surface area contributed by atoms with Crippen LogP contribution in [0.25, 0.3) is 0 Å². The smallest absolute Gasteiger partial charge is 0.282 e. The van der Waals surface area contributed by atoms with Gasteiger partial charge in [0.25, 0.3) is 11.6 Å². The highest BCUT2D eigenvalue weighted by Gasteiger charge is 2.26. The molecule has 1 aliphatic heterocycles. The number of nitro benzene ring substituents is 1. The number of ether oxygens (including phenoxy) is 1. The van der Waals surface area contributed by atoms with E-state index in [0.29, 0.717) is 18.8 Å². The second kappa shape index (κ2) is 6.53. The van der Waals surface area contributed by atoms with Crippen LogP contribution >= 0.6 is 0 Å². The van der Waals surface area contributed by atoms with Crippen LogP contribution in [0.4, 0.5) is 11.4 Å². The molecule has 1 fully saturated rings. The van der Waals surface area contributed by atoms with E-state index in [9.17, 15) is 14.9 Å². The van der Waals surface area contributed by atoms with Crippen molar-refractivity contribution in [3.63, 3.8) is 0 Å². The number of rotatable bonds is 5. The van der Waals surface area contributed by atoms with Gasteiger partial charge in [0.15, 0.2) is 0 Å². The molecule has 1 aromatic rings. The van der Waals surface area contributed by atoms with Crippen LogP contribution in [-0.4, -0.2) is 37.1 Å². The average Bonchev–Trinajstić information content (AvgIpc) is 2.89. The van der Waals surface area contributed by atoms with Gasteiger partial charge < -0.3 is 15.4 Å². The van der Waals surface area contributed by atoms with Gasteiger partial charge in [-0.05, 0) is 25.5 Å². The Balaban J connectivity index is 2.11. The number of hydrogen-bond donors (Lipinski definition) is 2. The quantitative estimate of drug-likeness (QED) is 0.637. The number of carbonyl (C=O) groups is 1. The Kier molecular flexibility index (Phi) is 4.74. The summed E-state index contributed by atoms with van der Waals surface area (Å²) in [4.78, 5) is 22.7. The van der Waals surface area contributed by atoms with Gasteiger partial charge in [0.2, 0.25) is 0 Å². The molecular weight excluding hydrogens is 274 g/mol. The Bertz CT molecular complexity index is 547. The van der Waals surface area contributed by atoms with Gasteiger partial charge in [-0.25, -0.2) is 0 Å². The fourth-order valence-corrected chi connectivity index (χ4v) is 2.40. The van der Waals surface area contributed by atoms with Crippen molar-refractivity contribution < 1.29 is 14.5 Å².